The van der Waals surface area contributed by atoms with Gasteiger partial charge >= 0.3 is 0 Å². The lowest BCUT2D eigenvalue weighted by molar-refractivity contribution is 0.436. The second-order valence-corrected chi connectivity index (χ2v) is 3.58. The summed E-state index contributed by atoms with van der Waals surface area (Å²) in [6, 6.07) is 2.96. The van der Waals surface area contributed by atoms with E-state index in [1.54, 1.807) is 0 Å². The van der Waals surface area contributed by atoms with Gasteiger partial charge in [-0.1, -0.05) is 20.3 Å². The quantitative estimate of drug-likeness (QED) is 0.854. The van der Waals surface area contributed by atoms with Gasteiger partial charge in [0.05, 0.1) is 0 Å². The Balaban J connectivity index is 0.00000196. The van der Waals surface area contributed by atoms with Crippen molar-refractivity contribution in [1.82, 2.24) is 0 Å². The van der Waals surface area contributed by atoms with Crippen LogP contribution in [0.5, 0.6) is 0 Å². The number of hydrogen-bond donors (Lipinski definition) is 1. The first kappa shape index (κ1) is 14.3. The van der Waals surface area contributed by atoms with Gasteiger partial charge in [0.15, 0.2) is 0 Å². The highest BCUT2D eigenvalue weighted by atomic mass is 35.5. The summed E-state index contributed by atoms with van der Waals surface area (Å²) in [5.74, 6) is -0.731. The van der Waals surface area contributed by atoms with E-state index in [0.717, 1.165) is 18.6 Å². The van der Waals surface area contributed by atoms with E-state index in [1.165, 1.54) is 6.07 Å². The topological polar surface area (TPSA) is 26.0 Å². The molecule has 1 unspecified atom stereocenters. The highest BCUT2D eigenvalue weighted by Gasteiger charge is 2.17. The fourth-order valence-corrected chi connectivity index (χ4v) is 1.33. The molecule has 0 bridgehead atoms. The molecular formula is C11H16ClF2N. The minimum atomic E-state index is -0.444. The lowest BCUT2D eigenvalue weighted by Crippen LogP contribution is -2.20. The molecule has 4 heteroatoms. The van der Waals surface area contributed by atoms with Gasteiger partial charge in [-0.05, 0) is 24.1 Å². The normalized spacial score (nSPS) is 14.2. The van der Waals surface area contributed by atoms with E-state index in [9.17, 15) is 8.78 Å². The minimum Gasteiger partial charge on any atom is -0.324 e. The summed E-state index contributed by atoms with van der Waals surface area (Å²) < 4.78 is 26.1. The Morgan fingerprint density at radius 1 is 1.33 bits per heavy atom. The average molecular weight is 236 g/mol. The number of hydrogen-bond acceptors (Lipinski definition) is 1. The Hall–Kier alpha value is -0.670. The van der Waals surface area contributed by atoms with Crippen molar-refractivity contribution in [2.24, 2.45) is 11.7 Å². The third-order valence-corrected chi connectivity index (χ3v) is 2.57. The molecule has 0 spiro atoms. The first-order valence-electron chi connectivity index (χ1n) is 4.76. The van der Waals surface area contributed by atoms with Gasteiger partial charge in [-0.25, -0.2) is 8.78 Å². The summed E-state index contributed by atoms with van der Waals surface area (Å²) in [5.41, 5.74) is 6.08. The Morgan fingerprint density at radius 2 is 1.93 bits per heavy atom. The standard InChI is InChI=1S/C11H15F2N.ClH/c1-3-7(2)11(14)9-6-8(12)4-5-10(9)13;/h4-7,11H,3,14H2,1-2H3;1H/t7?,11-;/m0./s1. The van der Waals surface area contributed by atoms with Gasteiger partial charge in [0.1, 0.15) is 11.6 Å². The smallest absolute Gasteiger partial charge is 0.128 e. The second kappa shape index (κ2) is 6.03. The van der Waals surface area contributed by atoms with Crippen LogP contribution in [0.2, 0.25) is 0 Å². The largest absolute Gasteiger partial charge is 0.324 e. The third-order valence-electron chi connectivity index (χ3n) is 2.57. The van der Waals surface area contributed by atoms with E-state index in [1.807, 2.05) is 13.8 Å². The molecule has 0 aliphatic rings. The predicted molar refractivity (Wildman–Crippen MR) is 60.0 cm³/mol. The van der Waals surface area contributed by atoms with Crippen molar-refractivity contribution in [2.45, 2.75) is 26.3 Å². The fourth-order valence-electron chi connectivity index (χ4n) is 1.33. The first-order valence-corrected chi connectivity index (χ1v) is 4.76. The summed E-state index contributed by atoms with van der Waals surface area (Å²) >= 11 is 0. The fraction of sp³-hybridized carbons (Fsp3) is 0.455. The van der Waals surface area contributed by atoms with Crippen LogP contribution in [0, 0.1) is 17.6 Å². The first-order chi connectivity index (χ1) is 6.56. The second-order valence-electron chi connectivity index (χ2n) is 3.58. The zero-order valence-electron chi connectivity index (χ0n) is 8.84. The van der Waals surface area contributed by atoms with Gasteiger partial charge in [-0.3, -0.25) is 0 Å². The molecule has 1 nitrogen and oxygen atoms in total. The van der Waals surface area contributed by atoms with Crippen molar-refractivity contribution in [2.75, 3.05) is 0 Å². The molecule has 0 aliphatic carbocycles. The molecule has 1 aromatic carbocycles. The van der Waals surface area contributed by atoms with Crippen molar-refractivity contribution >= 4 is 12.4 Å². The monoisotopic (exact) mass is 235 g/mol. The highest BCUT2D eigenvalue weighted by molar-refractivity contribution is 5.85. The number of halogens is 3. The molecule has 1 aromatic rings. The molecule has 0 amide bonds. The van der Waals surface area contributed by atoms with Gasteiger partial charge in [0.25, 0.3) is 0 Å². The number of nitrogens with two attached hydrogens (primary N) is 1. The van der Waals surface area contributed by atoms with Crippen LogP contribution in [0.4, 0.5) is 8.78 Å². The summed E-state index contributed by atoms with van der Waals surface area (Å²) in [6.07, 6.45) is 0.844. The molecule has 15 heavy (non-hydrogen) atoms. The van der Waals surface area contributed by atoms with Gasteiger partial charge in [-0.2, -0.15) is 0 Å². The molecule has 0 saturated carbocycles. The van der Waals surface area contributed by atoms with Gasteiger partial charge in [-0.15, -0.1) is 12.4 Å². The minimum absolute atomic E-state index is 0. The zero-order chi connectivity index (χ0) is 10.7. The Labute approximate surface area is 95.1 Å². The number of rotatable bonds is 3. The highest BCUT2D eigenvalue weighted by Crippen LogP contribution is 2.24. The predicted octanol–water partition coefficient (Wildman–Crippen LogP) is 3.43. The molecular weight excluding hydrogens is 220 g/mol. The lowest BCUT2D eigenvalue weighted by Gasteiger charge is -2.19. The molecule has 0 radical (unpaired) electrons. The van der Waals surface area contributed by atoms with E-state index in [-0.39, 0.29) is 23.9 Å². The summed E-state index contributed by atoms with van der Waals surface area (Å²) in [4.78, 5) is 0. The molecule has 0 aromatic heterocycles. The lowest BCUT2D eigenvalue weighted by atomic mass is 9.93. The van der Waals surface area contributed by atoms with Gasteiger partial charge in [0.2, 0.25) is 0 Å². The SMILES string of the molecule is CCC(C)[C@H](N)c1cc(F)ccc1F.Cl. The van der Waals surface area contributed by atoms with Gasteiger partial charge < -0.3 is 5.73 Å². The van der Waals surface area contributed by atoms with Crippen LogP contribution in [-0.4, -0.2) is 0 Å². The van der Waals surface area contributed by atoms with Crippen molar-refractivity contribution in [1.29, 1.82) is 0 Å². The van der Waals surface area contributed by atoms with Crippen LogP contribution in [0.1, 0.15) is 31.9 Å². The molecule has 0 fully saturated rings. The van der Waals surface area contributed by atoms with Crippen molar-refractivity contribution in [3.05, 3.63) is 35.4 Å². The van der Waals surface area contributed by atoms with E-state index < -0.39 is 17.7 Å². The maximum absolute atomic E-state index is 13.3. The Bertz CT molecular complexity index is 317. The molecule has 1 rings (SSSR count). The van der Waals surface area contributed by atoms with Crippen LogP contribution in [0.25, 0.3) is 0 Å². The Kier molecular flexibility index (Phi) is 5.76. The summed E-state index contributed by atoms with van der Waals surface area (Å²) in [7, 11) is 0. The van der Waals surface area contributed by atoms with Crippen LogP contribution < -0.4 is 5.73 Å². The number of benzene rings is 1. The molecule has 2 atom stereocenters. The van der Waals surface area contributed by atoms with Crippen molar-refractivity contribution in [3.8, 4) is 0 Å². The van der Waals surface area contributed by atoms with Gasteiger partial charge in [0, 0.05) is 11.6 Å². The van der Waals surface area contributed by atoms with E-state index in [0.29, 0.717) is 0 Å². The average Bonchev–Trinajstić information content (AvgIpc) is 2.19. The van der Waals surface area contributed by atoms with Crippen LogP contribution in [0.15, 0.2) is 18.2 Å². The van der Waals surface area contributed by atoms with Crippen molar-refractivity contribution in [3.63, 3.8) is 0 Å². The maximum Gasteiger partial charge on any atom is 0.128 e. The molecule has 2 N–H and O–H groups in total. The van der Waals surface area contributed by atoms with Crippen LogP contribution in [-0.2, 0) is 0 Å². The third kappa shape index (κ3) is 3.43. The molecule has 0 saturated heterocycles. The van der Waals surface area contributed by atoms with E-state index in [4.69, 9.17) is 5.73 Å². The zero-order valence-corrected chi connectivity index (χ0v) is 9.65. The Morgan fingerprint density at radius 3 is 2.47 bits per heavy atom. The van der Waals surface area contributed by atoms with E-state index in [2.05, 4.69) is 0 Å². The maximum atomic E-state index is 13.3. The molecule has 86 valence electrons. The summed E-state index contributed by atoms with van der Waals surface area (Å²) in [5, 5.41) is 0. The van der Waals surface area contributed by atoms with Crippen LogP contribution in [0.3, 0.4) is 0 Å². The molecule has 0 aliphatic heterocycles. The molecule has 0 heterocycles. The van der Waals surface area contributed by atoms with Crippen molar-refractivity contribution < 1.29 is 8.78 Å². The van der Waals surface area contributed by atoms with E-state index >= 15 is 0 Å². The summed E-state index contributed by atoms with van der Waals surface area (Å²) in [6.45, 7) is 3.90. The van der Waals surface area contributed by atoms with Crippen LogP contribution >= 0.6 is 12.4 Å².